The van der Waals surface area contributed by atoms with E-state index in [0.29, 0.717) is 6.61 Å². The molecule has 0 aromatic carbocycles. The first-order chi connectivity index (χ1) is 6.61. The number of nitrogens with zero attached hydrogens (tertiary/aromatic N) is 2. The molecule has 0 amide bonds. The number of hydrogen-bond acceptors (Lipinski definition) is 3. The fourth-order valence-corrected chi connectivity index (χ4v) is 0.971. The second kappa shape index (κ2) is 4.76. The predicted octanol–water partition coefficient (Wildman–Crippen LogP) is 0.934. The minimum Gasteiger partial charge on any atom is -0.479 e. The number of aliphatic carboxylic acids is 1. The van der Waals surface area contributed by atoms with E-state index in [9.17, 15) is 4.79 Å². The quantitative estimate of drug-likeness (QED) is 0.764. The molecule has 5 heteroatoms. The smallest absolute Gasteiger partial charge is 0.332 e. The van der Waals surface area contributed by atoms with Gasteiger partial charge in [0.15, 0.2) is 6.10 Å². The summed E-state index contributed by atoms with van der Waals surface area (Å²) in [5, 5.41) is 8.58. The first kappa shape index (κ1) is 10.7. The third kappa shape index (κ3) is 2.85. The molecule has 0 bridgehead atoms. The Hall–Kier alpha value is -1.36. The Bertz CT molecular complexity index is 284. The summed E-state index contributed by atoms with van der Waals surface area (Å²) in [5.74, 6) is -0.942. The largest absolute Gasteiger partial charge is 0.479 e. The van der Waals surface area contributed by atoms with Crippen molar-refractivity contribution < 1.29 is 14.6 Å². The third-order valence-electron chi connectivity index (χ3n) is 1.97. The fourth-order valence-electron chi connectivity index (χ4n) is 0.971. The van der Waals surface area contributed by atoms with Gasteiger partial charge in [0.05, 0.1) is 19.0 Å². The van der Waals surface area contributed by atoms with Crippen LogP contribution in [-0.4, -0.2) is 33.3 Å². The number of ether oxygens (including phenoxy) is 1. The summed E-state index contributed by atoms with van der Waals surface area (Å²) in [6.07, 6.45) is 4.41. The van der Waals surface area contributed by atoms with E-state index in [1.165, 1.54) is 6.92 Å². The summed E-state index contributed by atoms with van der Waals surface area (Å²) in [7, 11) is 0. The Morgan fingerprint density at radius 1 is 1.64 bits per heavy atom. The highest BCUT2D eigenvalue weighted by Crippen LogP contribution is 2.06. The monoisotopic (exact) mass is 198 g/mol. The Balaban J connectivity index is 2.35. The molecule has 0 fully saturated rings. The van der Waals surface area contributed by atoms with Gasteiger partial charge in [-0.05, 0) is 13.8 Å². The zero-order chi connectivity index (χ0) is 10.6. The van der Waals surface area contributed by atoms with Gasteiger partial charge in [0.2, 0.25) is 0 Å². The number of rotatable bonds is 5. The van der Waals surface area contributed by atoms with Crippen LogP contribution in [0.1, 0.15) is 19.9 Å². The zero-order valence-corrected chi connectivity index (χ0v) is 8.25. The number of imidazole rings is 1. The summed E-state index contributed by atoms with van der Waals surface area (Å²) in [4.78, 5) is 14.4. The van der Waals surface area contributed by atoms with Crippen molar-refractivity contribution in [1.29, 1.82) is 0 Å². The van der Waals surface area contributed by atoms with Crippen LogP contribution in [0.25, 0.3) is 0 Å². The van der Waals surface area contributed by atoms with Gasteiger partial charge in [0.1, 0.15) is 0 Å². The molecule has 2 unspecified atom stereocenters. The van der Waals surface area contributed by atoms with Gasteiger partial charge >= 0.3 is 5.97 Å². The van der Waals surface area contributed by atoms with Crippen LogP contribution < -0.4 is 0 Å². The number of aromatic nitrogens is 2. The molecule has 1 N–H and O–H groups in total. The Labute approximate surface area is 82.3 Å². The van der Waals surface area contributed by atoms with E-state index in [1.54, 1.807) is 12.5 Å². The topological polar surface area (TPSA) is 64.4 Å². The Morgan fingerprint density at radius 2 is 2.36 bits per heavy atom. The lowest BCUT2D eigenvalue weighted by molar-refractivity contribution is -0.149. The summed E-state index contributed by atoms with van der Waals surface area (Å²) >= 11 is 0. The van der Waals surface area contributed by atoms with Crippen molar-refractivity contribution in [3.05, 3.63) is 18.7 Å². The van der Waals surface area contributed by atoms with Crippen LogP contribution in [0.3, 0.4) is 0 Å². The van der Waals surface area contributed by atoms with E-state index in [2.05, 4.69) is 4.98 Å². The van der Waals surface area contributed by atoms with Gasteiger partial charge in [-0.15, -0.1) is 0 Å². The molecule has 0 aliphatic rings. The van der Waals surface area contributed by atoms with Crippen molar-refractivity contribution in [3.8, 4) is 0 Å². The number of hydrogen-bond donors (Lipinski definition) is 1. The van der Waals surface area contributed by atoms with Gasteiger partial charge in [0.25, 0.3) is 0 Å². The van der Waals surface area contributed by atoms with Crippen molar-refractivity contribution in [2.24, 2.45) is 0 Å². The lowest BCUT2D eigenvalue weighted by atomic mass is 10.3. The second-order valence-corrected chi connectivity index (χ2v) is 3.17. The van der Waals surface area contributed by atoms with Crippen LogP contribution >= 0.6 is 0 Å². The summed E-state index contributed by atoms with van der Waals surface area (Å²) in [6.45, 7) is 3.82. The Kier molecular flexibility index (Phi) is 3.64. The summed E-state index contributed by atoms with van der Waals surface area (Å²) < 4.78 is 7.01. The molecule has 0 radical (unpaired) electrons. The lowest BCUT2D eigenvalue weighted by Gasteiger charge is -2.15. The van der Waals surface area contributed by atoms with E-state index < -0.39 is 12.1 Å². The van der Waals surface area contributed by atoms with E-state index in [4.69, 9.17) is 9.84 Å². The van der Waals surface area contributed by atoms with Crippen molar-refractivity contribution >= 4 is 5.97 Å². The molecule has 1 rings (SSSR count). The van der Waals surface area contributed by atoms with Crippen LogP contribution in [0.5, 0.6) is 0 Å². The maximum absolute atomic E-state index is 10.5. The van der Waals surface area contributed by atoms with Crippen LogP contribution in [0.2, 0.25) is 0 Å². The summed E-state index contributed by atoms with van der Waals surface area (Å²) in [6, 6.07) is 0.0966. The maximum Gasteiger partial charge on any atom is 0.332 e. The predicted molar refractivity (Wildman–Crippen MR) is 50.0 cm³/mol. The molecule has 1 heterocycles. The van der Waals surface area contributed by atoms with Crippen LogP contribution in [0.4, 0.5) is 0 Å². The first-order valence-corrected chi connectivity index (χ1v) is 4.43. The SMILES string of the molecule is CC(OCC(C)n1ccnc1)C(=O)O. The fraction of sp³-hybridized carbons (Fsp3) is 0.556. The highest BCUT2D eigenvalue weighted by atomic mass is 16.5. The van der Waals surface area contributed by atoms with Gasteiger partial charge in [-0.25, -0.2) is 9.78 Å². The molecule has 0 saturated heterocycles. The minimum absolute atomic E-state index is 0.0966. The van der Waals surface area contributed by atoms with Crippen LogP contribution in [0, 0.1) is 0 Å². The van der Waals surface area contributed by atoms with Gasteiger partial charge < -0.3 is 14.4 Å². The number of carboxylic acids is 1. The molecule has 1 aromatic heterocycles. The number of carboxylic acid groups (broad SMARTS) is 1. The van der Waals surface area contributed by atoms with E-state index in [0.717, 1.165) is 0 Å². The molecule has 0 spiro atoms. The molecular formula is C9H14N2O3. The molecule has 5 nitrogen and oxygen atoms in total. The molecule has 78 valence electrons. The molecule has 14 heavy (non-hydrogen) atoms. The second-order valence-electron chi connectivity index (χ2n) is 3.17. The van der Waals surface area contributed by atoms with Crippen LogP contribution in [0.15, 0.2) is 18.7 Å². The number of carbonyl (C=O) groups is 1. The molecular weight excluding hydrogens is 184 g/mol. The highest BCUT2D eigenvalue weighted by Gasteiger charge is 2.13. The Morgan fingerprint density at radius 3 is 2.86 bits per heavy atom. The van der Waals surface area contributed by atoms with E-state index in [-0.39, 0.29) is 6.04 Å². The van der Waals surface area contributed by atoms with Gasteiger partial charge in [-0.1, -0.05) is 0 Å². The van der Waals surface area contributed by atoms with Crippen molar-refractivity contribution in [1.82, 2.24) is 9.55 Å². The maximum atomic E-state index is 10.5. The molecule has 2 atom stereocenters. The normalized spacial score (nSPS) is 15.0. The van der Waals surface area contributed by atoms with E-state index in [1.807, 2.05) is 17.7 Å². The standard InChI is InChI=1S/C9H14N2O3/c1-7(11-4-3-10-6-11)5-14-8(2)9(12)13/h3-4,6-8H,5H2,1-2H3,(H,12,13). The summed E-state index contributed by atoms with van der Waals surface area (Å²) in [5.41, 5.74) is 0. The van der Waals surface area contributed by atoms with Crippen molar-refractivity contribution in [2.45, 2.75) is 26.0 Å². The molecule has 0 aliphatic carbocycles. The van der Waals surface area contributed by atoms with Crippen LogP contribution in [-0.2, 0) is 9.53 Å². The lowest BCUT2D eigenvalue weighted by Crippen LogP contribution is -2.23. The minimum atomic E-state index is -0.942. The van der Waals surface area contributed by atoms with Gasteiger partial charge in [-0.2, -0.15) is 0 Å². The highest BCUT2D eigenvalue weighted by molar-refractivity contribution is 5.71. The van der Waals surface area contributed by atoms with Crippen molar-refractivity contribution in [3.63, 3.8) is 0 Å². The molecule has 0 aliphatic heterocycles. The van der Waals surface area contributed by atoms with Crippen molar-refractivity contribution in [2.75, 3.05) is 6.61 Å². The average Bonchev–Trinajstić information content (AvgIpc) is 2.66. The third-order valence-corrected chi connectivity index (χ3v) is 1.97. The zero-order valence-electron chi connectivity index (χ0n) is 8.25. The average molecular weight is 198 g/mol. The molecule has 1 aromatic rings. The van der Waals surface area contributed by atoms with Gasteiger partial charge in [-0.3, -0.25) is 0 Å². The van der Waals surface area contributed by atoms with Gasteiger partial charge in [0, 0.05) is 12.4 Å². The first-order valence-electron chi connectivity index (χ1n) is 4.43. The molecule has 0 saturated carbocycles. The van der Waals surface area contributed by atoms with E-state index >= 15 is 0 Å².